The van der Waals surface area contributed by atoms with Gasteiger partial charge in [0.25, 0.3) is 0 Å². The molecular formula is C13H23N. The summed E-state index contributed by atoms with van der Waals surface area (Å²) < 4.78 is 0. The zero-order chi connectivity index (χ0) is 10.6. The molecule has 0 aromatic rings. The summed E-state index contributed by atoms with van der Waals surface area (Å²) in [4.78, 5) is 2.48. The van der Waals surface area contributed by atoms with Gasteiger partial charge in [0.2, 0.25) is 0 Å². The minimum atomic E-state index is 0.370. The monoisotopic (exact) mass is 193 g/mol. The van der Waals surface area contributed by atoms with Crippen molar-refractivity contribution in [2.45, 2.75) is 50.6 Å². The molecule has 0 aliphatic heterocycles. The second-order valence-corrected chi connectivity index (χ2v) is 4.51. The van der Waals surface area contributed by atoms with E-state index in [2.05, 4.69) is 38.1 Å². The lowest BCUT2D eigenvalue weighted by atomic mass is 9.90. The van der Waals surface area contributed by atoms with Crippen molar-refractivity contribution in [3.8, 4) is 0 Å². The van der Waals surface area contributed by atoms with Gasteiger partial charge in [-0.2, -0.15) is 0 Å². The summed E-state index contributed by atoms with van der Waals surface area (Å²) in [6.45, 7) is 9.98. The number of nitrogens with zero attached hydrogens (tertiary/aromatic N) is 1. The van der Waals surface area contributed by atoms with Crippen LogP contribution in [-0.4, -0.2) is 23.5 Å². The van der Waals surface area contributed by atoms with Crippen LogP contribution < -0.4 is 0 Å². The molecule has 0 saturated heterocycles. The Morgan fingerprint density at radius 3 is 2.36 bits per heavy atom. The van der Waals surface area contributed by atoms with Crippen LogP contribution in [0, 0.1) is 0 Å². The van der Waals surface area contributed by atoms with Crippen molar-refractivity contribution >= 4 is 0 Å². The highest BCUT2D eigenvalue weighted by atomic mass is 15.2. The fourth-order valence-corrected chi connectivity index (χ4v) is 2.59. The Labute approximate surface area is 88.5 Å². The van der Waals surface area contributed by atoms with Gasteiger partial charge in [-0.05, 0) is 33.2 Å². The van der Waals surface area contributed by atoms with Crippen molar-refractivity contribution < 1.29 is 0 Å². The van der Waals surface area contributed by atoms with Crippen molar-refractivity contribution in [1.82, 2.24) is 4.90 Å². The maximum Gasteiger partial charge on any atom is 0.0249 e. The fourth-order valence-electron chi connectivity index (χ4n) is 2.59. The second kappa shape index (κ2) is 4.79. The molecule has 0 aromatic carbocycles. The molecule has 0 heterocycles. The third-order valence-electron chi connectivity index (χ3n) is 3.76. The molecular weight excluding hydrogens is 170 g/mol. The summed E-state index contributed by atoms with van der Waals surface area (Å²) in [5.74, 6) is 0. The van der Waals surface area contributed by atoms with Crippen LogP contribution in [0.5, 0.6) is 0 Å². The molecule has 1 unspecified atom stereocenters. The summed E-state index contributed by atoms with van der Waals surface area (Å²) in [5.41, 5.74) is 0.370. The molecule has 0 amide bonds. The lowest BCUT2D eigenvalue weighted by Gasteiger charge is -2.41. The highest BCUT2D eigenvalue weighted by Gasteiger charge is 2.37. The zero-order valence-electron chi connectivity index (χ0n) is 9.63. The van der Waals surface area contributed by atoms with Gasteiger partial charge < -0.3 is 0 Å². The lowest BCUT2D eigenvalue weighted by Crippen LogP contribution is -2.47. The van der Waals surface area contributed by atoms with Gasteiger partial charge in [-0.3, -0.25) is 4.90 Å². The van der Waals surface area contributed by atoms with Gasteiger partial charge in [0.1, 0.15) is 0 Å². The van der Waals surface area contributed by atoms with Gasteiger partial charge in [-0.15, -0.1) is 13.2 Å². The van der Waals surface area contributed by atoms with Gasteiger partial charge in [0, 0.05) is 11.6 Å². The van der Waals surface area contributed by atoms with Crippen LogP contribution in [0.15, 0.2) is 25.3 Å². The van der Waals surface area contributed by atoms with E-state index in [1.807, 2.05) is 6.08 Å². The molecule has 1 fully saturated rings. The third kappa shape index (κ3) is 2.09. The van der Waals surface area contributed by atoms with Crippen LogP contribution in [0.3, 0.4) is 0 Å². The van der Waals surface area contributed by atoms with Crippen LogP contribution in [0.4, 0.5) is 0 Å². The van der Waals surface area contributed by atoms with Gasteiger partial charge in [-0.25, -0.2) is 0 Å². The average Bonchev–Trinajstić information content (AvgIpc) is 2.66. The van der Waals surface area contributed by atoms with E-state index in [4.69, 9.17) is 0 Å². The SMILES string of the molecule is C=CCC1(N(C)C(C)C=C)CCCC1. The largest absolute Gasteiger partial charge is 0.294 e. The number of hydrogen-bond donors (Lipinski definition) is 0. The van der Waals surface area contributed by atoms with Crippen LogP contribution >= 0.6 is 0 Å². The standard InChI is InChI=1S/C13H23N/c1-5-9-13(10-7-8-11-13)14(4)12(3)6-2/h5-6,12H,1-2,7-11H2,3-4H3. The predicted molar refractivity (Wildman–Crippen MR) is 63.4 cm³/mol. The Bertz CT molecular complexity index is 201. The Morgan fingerprint density at radius 2 is 1.93 bits per heavy atom. The molecule has 1 aliphatic carbocycles. The molecule has 0 N–H and O–H groups in total. The first-order valence-electron chi connectivity index (χ1n) is 5.63. The molecule has 14 heavy (non-hydrogen) atoms. The zero-order valence-corrected chi connectivity index (χ0v) is 9.63. The second-order valence-electron chi connectivity index (χ2n) is 4.51. The maximum atomic E-state index is 3.88. The van der Waals surface area contributed by atoms with Crippen molar-refractivity contribution in [3.63, 3.8) is 0 Å². The first kappa shape index (κ1) is 11.5. The first-order valence-corrected chi connectivity index (χ1v) is 5.63. The summed E-state index contributed by atoms with van der Waals surface area (Å²) in [5, 5.41) is 0. The van der Waals surface area contributed by atoms with Gasteiger partial charge in [0.15, 0.2) is 0 Å². The quantitative estimate of drug-likeness (QED) is 0.605. The van der Waals surface area contributed by atoms with Crippen molar-refractivity contribution in [1.29, 1.82) is 0 Å². The van der Waals surface area contributed by atoms with E-state index in [0.29, 0.717) is 11.6 Å². The molecule has 0 spiro atoms. The van der Waals surface area contributed by atoms with Gasteiger partial charge in [-0.1, -0.05) is 25.0 Å². The minimum absolute atomic E-state index is 0.370. The van der Waals surface area contributed by atoms with E-state index in [9.17, 15) is 0 Å². The van der Waals surface area contributed by atoms with E-state index in [-0.39, 0.29) is 0 Å². The summed E-state index contributed by atoms with van der Waals surface area (Å²) in [6, 6.07) is 0.466. The highest BCUT2D eigenvalue weighted by Crippen LogP contribution is 2.38. The van der Waals surface area contributed by atoms with E-state index >= 15 is 0 Å². The Balaban J connectivity index is 2.75. The maximum absolute atomic E-state index is 3.88. The number of hydrogen-bond acceptors (Lipinski definition) is 1. The predicted octanol–water partition coefficient (Wildman–Crippen LogP) is 3.38. The normalized spacial score (nSPS) is 22.2. The molecule has 80 valence electrons. The third-order valence-corrected chi connectivity index (χ3v) is 3.76. The van der Waals surface area contributed by atoms with Crippen LogP contribution in [0.2, 0.25) is 0 Å². The van der Waals surface area contributed by atoms with E-state index in [0.717, 1.165) is 6.42 Å². The van der Waals surface area contributed by atoms with Gasteiger partial charge in [0.05, 0.1) is 0 Å². The summed E-state index contributed by atoms with van der Waals surface area (Å²) >= 11 is 0. The van der Waals surface area contributed by atoms with Crippen LogP contribution in [0.25, 0.3) is 0 Å². The smallest absolute Gasteiger partial charge is 0.0249 e. The Kier molecular flexibility index (Phi) is 3.94. The number of likely N-dealkylation sites (N-methyl/N-ethyl adjacent to an activating group) is 1. The van der Waals surface area contributed by atoms with Crippen LogP contribution in [0.1, 0.15) is 39.0 Å². The molecule has 1 nitrogen and oxygen atoms in total. The summed E-state index contributed by atoms with van der Waals surface area (Å²) in [7, 11) is 2.22. The topological polar surface area (TPSA) is 3.24 Å². The summed E-state index contributed by atoms with van der Waals surface area (Å²) in [6.07, 6.45) is 10.6. The lowest BCUT2D eigenvalue weighted by molar-refractivity contribution is 0.105. The van der Waals surface area contributed by atoms with E-state index in [1.54, 1.807) is 0 Å². The highest BCUT2D eigenvalue weighted by molar-refractivity contribution is 5.01. The Hall–Kier alpha value is -0.560. The molecule has 0 bridgehead atoms. The van der Waals surface area contributed by atoms with Crippen LogP contribution in [-0.2, 0) is 0 Å². The molecule has 0 aromatic heterocycles. The minimum Gasteiger partial charge on any atom is -0.294 e. The number of rotatable bonds is 5. The fraction of sp³-hybridized carbons (Fsp3) is 0.692. The van der Waals surface area contributed by atoms with Crippen molar-refractivity contribution in [2.75, 3.05) is 7.05 Å². The molecule has 1 heteroatoms. The Morgan fingerprint density at radius 1 is 1.36 bits per heavy atom. The molecule has 1 saturated carbocycles. The average molecular weight is 193 g/mol. The molecule has 1 aliphatic rings. The molecule has 1 atom stereocenters. The van der Waals surface area contributed by atoms with E-state index < -0.39 is 0 Å². The molecule has 0 radical (unpaired) electrons. The van der Waals surface area contributed by atoms with Crippen molar-refractivity contribution in [2.24, 2.45) is 0 Å². The van der Waals surface area contributed by atoms with Crippen molar-refractivity contribution in [3.05, 3.63) is 25.3 Å². The first-order chi connectivity index (χ1) is 6.66. The van der Waals surface area contributed by atoms with E-state index in [1.165, 1.54) is 25.7 Å². The molecule has 1 rings (SSSR count). The van der Waals surface area contributed by atoms with Gasteiger partial charge >= 0.3 is 0 Å².